The van der Waals surface area contributed by atoms with E-state index in [2.05, 4.69) is 35.2 Å². The fourth-order valence-corrected chi connectivity index (χ4v) is 2.48. The predicted molar refractivity (Wildman–Crippen MR) is 91.5 cm³/mol. The first-order chi connectivity index (χ1) is 11.8. The second-order valence-electron chi connectivity index (χ2n) is 5.06. The van der Waals surface area contributed by atoms with Gasteiger partial charge in [-0.2, -0.15) is 9.97 Å². The van der Waals surface area contributed by atoms with Gasteiger partial charge >= 0.3 is 0 Å². The number of anilines is 1. The first-order valence-corrected chi connectivity index (χ1v) is 7.64. The van der Waals surface area contributed by atoms with Crippen molar-refractivity contribution in [1.82, 2.24) is 29.9 Å². The number of nitrogens with zero attached hydrogens (tertiary/aromatic N) is 5. The number of rotatable bonds is 4. The van der Waals surface area contributed by atoms with Gasteiger partial charge in [-0.3, -0.25) is 9.97 Å². The fourth-order valence-electron chi connectivity index (χ4n) is 2.32. The van der Waals surface area contributed by atoms with E-state index < -0.39 is 0 Å². The van der Waals surface area contributed by atoms with E-state index in [-0.39, 0.29) is 5.28 Å². The van der Waals surface area contributed by atoms with Crippen LogP contribution in [0.1, 0.15) is 5.56 Å². The molecule has 0 amide bonds. The van der Waals surface area contributed by atoms with E-state index in [0.717, 1.165) is 22.5 Å². The largest absolute Gasteiger partial charge is 0.364 e. The van der Waals surface area contributed by atoms with Crippen molar-refractivity contribution >= 4 is 28.6 Å². The van der Waals surface area contributed by atoms with E-state index in [1.165, 1.54) is 0 Å². The van der Waals surface area contributed by atoms with Crippen LogP contribution in [0.2, 0.25) is 5.28 Å². The van der Waals surface area contributed by atoms with Crippen LogP contribution in [0.3, 0.4) is 0 Å². The van der Waals surface area contributed by atoms with Crippen LogP contribution in [0.4, 0.5) is 5.82 Å². The van der Waals surface area contributed by atoms with Gasteiger partial charge in [-0.15, -0.1) is 0 Å². The Bertz CT molecular complexity index is 967. The molecule has 0 aliphatic carbocycles. The number of fused-ring (bicyclic) bond motifs is 1. The number of halogens is 1. The summed E-state index contributed by atoms with van der Waals surface area (Å²) in [5, 5.41) is 3.38. The smallest absolute Gasteiger partial charge is 0.226 e. The van der Waals surface area contributed by atoms with Crippen molar-refractivity contribution in [3.63, 3.8) is 0 Å². The predicted octanol–water partition coefficient (Wildman–Crippen LogP) is 3.08. The number of aromatic nitrogens is 6. The van der Waals surface area contributed by atoms with Gasteiger partial charge in [-0.05, 0) is 35.4 Å². The van der Waals surface area contributed by atoms with Crippen molar-refractivity contribution < 1.29 is 0 Å². The second kappa shape index (κ2) is 6.21. The summed E-state index contributed by atoms with van der Waals surface area (Å²) < 4.78 is 0. The molecular weight excluding hydrogens is 326 g/mol. The zero-order valence-electron chi connectivity index (χ0n) is 12.4. The lowest BCUT2D eigenvalue weighted by Crippen LogP contribution is -2.03. The number of H-pyrrole nitrogens is 1. The van der Waals surface area contributed by atoms with E-state index >= 15 is 0 Å². The van der Waals surface area contributed by atoms with Gasteiger partial charge < -0.3 is 10.3 Å². The number of hydrogen-bond acceptors (Lipinski definition) is 6. The zero-order valence-corrected chi connectivity index (χ0v) is 13.2. The molecule has 0 fully saturated rings. The van der Waals surface area contributed by atoms with Crippen molar-refractivity contribution in [3.05, 3.63) is 59.9 Å². The molecule has 24 heavy (non-hydrogen) atoms. The summed E-state index contributed by atoms with van der Waals surface area (Å²) in [4.78, 5) is 24.1. The highest BCUT2D eigenvalue weighted by Crippen LogP contribution is 2.19. The average molecular weight is 338 g/mol. The number of hydrogen-bond donors (Lipinski definition) is 2. The maximum Gasteiger partial charge on any atom is 0.226 e. The van der Waals surface area contributed by atoms with Gasteiger partial charge in [0.2, 0.25) is 5.28 Å². The van der Waals surface area contributed by atoms with Crippen molar-refractivity contribution in [3.8, 4) is 11.4 Å². The zero-order chi connectivity index (χ0) is 16.4. The van der Waals surface area contributed by atoms with Crippen LogP contribution in [0.5, 0.6) is 0 Å². The number of aromatic amines is 1. The molecule has 7 nitrogen and oxygen atoms in total. The summed E-state index contributed by atoms with van der Waals surface area (Å²) in [6, 6.07) is 9.69. The molecule has 4 aromatic rings. The average Bonchev–Trinajstić information content (AvgIpc) is 3.09. The Kier molecular flexibility index (Phi) is 3.76. The summed E-state index contributed by atoms with van der Waals surface area (Å²) in [7, 11) is 0. The molecule has 0 radical (unpaired) electrons. The van der Waals surface area contributed by atoms with Crippen LogP contribution in [0, 0.1) is 0 Å². The van der Waals surface area contributed by atoms with Gasteiger partial charge in [-0.25, -0.2) is 4.98 Å². The Balaban J connectivity index is 1.52. The summed E-state index contributed by atoms with van der Waals surface area (Å²) in [5.74, 6) is 0.608. The molecule has 118 valence electrons. The summed E-state index contributed by atoms with van der Waals surface area (Å²) in [5.41, 5.74) is 3.94. The minimum Gasteiger partial charge on any atom is -0.364 e. The topological polar surface area (TPSA) is 92.3 Å². The molecule has 0 bridgehead atoms. The quantitative estimate of drug-likeness (QED) is 0.556. The highest BCUT2D eigenvalue weighted by molar-refractivity contribution is 6.28. The third-order valence-corrected chi connectivity index (χ3v) is 3.64. The number of imidazole rings is 1. The maximum atomic E-state index is 5.92. The highest BCUT2D eigenvalue weighted by atomic mass is 35.5. The molecule has 0 aliphatic rings. The first-order valence-electron chi connectivity index (χ1n) is 7.26. The molecule has 0 aromatic carbocycles. The summed E-state index contributed by atoms with van der Waals surface area (Å²) in [6.07, 6.45) is 5.12. The molecule has 0 aliphatic heterocycles. The van der Waals surface area contributed by atoms with Crippen molar-refractivity contribution in [1.29, 1.82) is 0 Å². The van der Waals surface area contributed by atoms with Crippen LogP contribution in [-0.2, 0) is 6.54 Å². The number of nitrogens with one attached hydrogen (secondary N) is 2. The molecule has 4 heterocycles. The first kappa shape index (κ1) is 14.5. The lowest BCUT2D eigenvalue weighted by molar-refractivity contribution is 1.08. The monoisotopic (exact) mass is 337 g/mol. The SMILES string of the molecule is Clc1nc(NCc2ccc(-c3ccccn3)nc2)c2[nH]cnc2n1. The molecule has 0 saturated heterocycles. The third kappa shape index (κ3) is 2.89. The second-order valence-corrected chi connectivity index (χ2v) is 5.40. The van der Waals surface area contributed by atoms with Crippen molar-refractivity contribution in [2.45, 2.75) is 6.54 Å². The highest BCUT2D eigenvalue weighted by Gasteiger charge is 2.08. The molecule has 0 spiro atoms. The maximum absolute atomic E-state index is 5.92. The van der Waals surface area contributed by atoms with Crippen LogP contribution in [-0.4, -0.2) is 29.9 Å². The molecule has 4 rings (SSSR count). The normalized spacial score (nSPS) is 10.9. The van der Waals surface area contributed by atoms with Crippen LogP contribution >= 0.6 is 11.6 Å². The van der Waals surface area contributed by atoms with E-state index in [1.54, 1.807) is 12.5 Å². The Labute approximate surface area is 142 Å². The Morgan fingerprint density at radius 3 is 2.71 bits per heavy atom. The number of pyridine rings is 2. The lowest BCUT2D eigenvalue weighted by Gasteiger charge is -2.07. The fraction of sp³-hybridized carbons (Fsp3) is 0.0625. The van der Waals surface area contributed by atoms with Crippen molar-refractivity contribution in [2.24, 2.45) is 0 Å². The Morgan fingerprint density at radius 1 is 1.00 bits per heavy atom. The van der Waals surface area contributed by atoms with Gasteiger partial charge in [-0.1, -0.05) is 12.1 Å². The van der Waals surface area contributed by atoms with E-state index in [9.17, 15) is 0 Å². The van der Waals surface area contributed by atoms with Gasteiger partial charge in [0.25, 0.3) is 0 Å². The Hall–Kier alpha value is -3.06. The van der Waals surface area contributed by atoms with Gasteiger partial charge in [0.1, 0.15) is 5.52 Å². The van der Waals surface area contributed by atoms with E-state index in [0.29, 0.717) is 18.0 Å². The van der Waals surface area contributed by atoms with E-state index in [4.69, 9.17) is 11.6 Å². The minimum absolute atomic E-state index is 0.153. The molecule has 8 heteroatoms. The summed E-state index contributed by atoms with van der Waals surface area (Å²) >= 11 is 5.92. The molecule has 0 saturated carbocycles. The van der Waals surface area contributed by atoms with Gasteiger partial charge in [0.05, 0.1) is 17.7 Å². The van der Waals surface area contributed by atoms with Crippen LogP contribution < -0.4 is 5.32 Å². The standard InChI is InChI=1S/C16H12ClN7/c17-16-23-14(13-15(24-16)22-9-21-13)20-8-10-4-5-12(19-7-10)11-3-1-2-6-18-11/h1-7,9H,8H2,(H2,20,21,22,23,24). The molecule has 0 atom stereocenters. The van der Waals surface area contributed by atoms with Crippen molar-refractivity contribution in [2.75, 3.05) is 5.32 Å². The Morgan fingerprint density at radius 2 is 1.92 bits per heavy atom. The molecular formula is C16H12ClN7. The van der Waals surface area contributed by atoms with Gasteiger partial charge in [0, 0.05) is 18.9 Å². The van der Waals surface area contributed by atoms with Crippen LogP contribution in [0.15, 0.2) is 49.1 Å². The van der Waals surface area contributed by atoms with Crippen LogP contribution in [0.25, 0.3) is 22.6 Å². The van der Waals surface area contributed by atoms with E-state index in [1.807, 2.05) is 36.5 Å². The third-order valence-electron chi connectivity index (χ3n) is 3.47. The molecule has 0 unspecified atom stereocenters. The molecule has 2 N–H and O–H groups in total. The minimum atomic E-state index is 0.153. The summed E-state index contributed by atoms with van der Waals surface area (Å²) in [6.45, 7) is 0.553. The lowest BCUT2D eigenvalue weighted by atomic mass is 10.2. The van der Waals surface area contributed by atoms with Gasteiger partial charge in [0.15, 0.2) is 11.5 Å². The molecule has 4 aromatic heterocycles.